The molecule has 0 fully saturated rings. The van der Waals surface area contributed by atoms with Gasteiger partial charge in [0.15, 0.2) is 6.61 Å². The van der Waals surface area contributed by atoms with Crippen molar-refractivity contribution in [3.63, 3.8) is 0 Å². The summed E-state index contributed by atoms with van der Waals surface area (Å²) in [7, 11) is 0. The number of ether oxygens (including phenoxy) is 1. The lowest BCUT2D eigenvalue weighted by Crippen LogP contribution is -2.32. The molecule has 1 heterocycles. The van der Waals surface area contributed by atoms with Crippen LogP contribution in [0.4, 0.5) is 0 Å². The Morgan fingerprint density at radius 2 is 1.62 bits per heavy atom. The topological polar surface area (TPSA) is 81.2 Å². The van der Waals surface area contributed by atoms with Gasteiger partial charge in [0.2, 0.25) is 0 Å². The van der Waals surface area contributed by atoms with Crippen LogP contribution in [0.1, 0.15) is 52.3 Å². The molecule has 0 spiro atoms. The van der Waals surface area contributed by atoms with E-state index in [1.807, 2.05) is 52.0 Å². The van der Waals surface area contributed by atoms with Crippen molar-refractivity contribution in [2.75, 3.05) is 6.61 Å². The van der Waals surface area contributed by atoms with E-state index in [0.717, 1.165) is 28.9 Å². The summed E-state index contributed by atoms with van der Waals surface area (Å²) < 4.78 is 5.19. The van der Waals surface area contributed by atoms with E-state index in [1.165, 1.54) is 0 Å². The molecule has 0 saturated carbocycles. The third-order valence-electron chi connectivity index (χ3n) is 4.87. The van der Waals surface area contributed by atoms with Crippen LogP contribution >= 0.6 is 0 Å². The maximum atomic E-state index is 12.4. The monoisotopic (exact) mass is 391 g/mol. The molecular weight excluding hydrogens is 366 g/mol. The normalized spacial score (nSPS) is 11.9. The molecule has 0 unspecified atom stereocenters. The Hall–Kier alpha value is -3.28. The SMILES string of the molecule is CC[C@H](NC(=O)COC(=O)c1ccc2nc(C)c(C)nc2c1)c1ccc(C)cc1. The predicted octanol–water partition coefficient (Wildman–Crippen LogP) is 3.98. The predicted molar refractivity (Wildman–Crippen MR) is 112 cm³/mol. The highest BCUT2D eigenvalue weighted by Gasteiger charge is 2.16. The Morgan fingerprint density at radius 3 is 2.28 bits per heavy atom. The van der Waals surface area contributed by atoms with Gasteiger partial charge >= 0.3 is 5.97 Å². The number of amides is 1. The fourth-order valence-corrected chi connectivity index (χ4v) is 3.03. The quantitative estimate of drug-likeness (QED) is 0.643. The minimum absolute atomic E-state index is 0.121. The van der Waals surface area contributed by atoms with Crippen molar-refractivity contribution in [2.45, 2.75) is 40.2 Å². The molecule has 0 aliphatic rings. The second-order valence-electron chi connectivity index (χ2n) is 7.11. The number of nitrogens with one attached hydrogen (secondary N) is 1. The molecule has 0 bridgehead atoms. The van der Waals surface area contributed by atoms with Crippen molar-refractivity contribution in [3.8, 4) is 0 Å². The van der Waals surface area contributed by atoms with Crippen LogP contribution in [-0.4, -0.2) is 28.5 Å². The van der Waals surface area contributed by atoms with E-state index < -0.39 is 5.97 Å². The van der Waals surface area contributed by atoms with Gasteiger partial charge in [0.1, 0.15) is 0 Å². The number of carbonyl (C=O) groups is 2. The number of aryl methyl sites for hydroxylation is 3. The van der Waals surface area contributed by atoms with E-state index in [0.29, 0.717) is 16.6 Å². The van der Waals surface area contributed by atoms with E-state index in [2.05, 4.69) is 15.3 Å². The molecule has 1 atom stereocenters. The first-order chi connectivity index (χ1) is 13.9. The average molecular weight is 391 g/mol. The molecule has 0 aliphatic carbocycles. The van der Waals surface area contributed by atoms with Gasteiger partial charge < -0.3 is 10.1 Å². The van der Waals surface area contributed by atoms with Crippen LogP contribution in [0.2, 0.25) is 0 Å². The maximum Gasteiger partial charge on any atom is 0.338 e. The largest absolute Gasteiger partial charge is 0.452 e. The molecular formula is C23H25N3O3. The maximum absolute atomic E-state index is 12.4. The second-order valence-corrected chi connectivity index (χ2v) is 7.11. The number of benzene rings is 2. The van der Waals surface area contributed by atoms with Gasteiger partial charge in [-0.05, 0) is 51.0 Å². The van der Waals surface area contributed by atoms with Gasteiger partial charge in [-0.15, -0.1) is 0 Å². The molecule has 3 aromatic rings. The zero-order valence-corrected chi connectivity index (χ0v) is 17.2. The van der Waals surface area contributed by atoms with Crippen LogP contribution in [0.5, 0.6) is 0 Å². The molecule has 150 valence electrons. The van der Waals surface area contributed by atoms with Gasteiger partial charge in [0.25, 0.3) is 5.91 Å². The summed E-state index contributed by atoms with van der Waals surface area (Å²) in [6, 6.07) is 12.9. The van der Waals surface area contributed by atoms with Crippen molar-refractivity contribution >= 4 is 22.9 Å². The van der Waals surface area contributed by atoms with Gasteiger partial charge in [-0.2, -0.15) is 0 Å². The van der Waals surface area contributed by atoms with E-state index in [-0.39, 0.29) is 18.6 Å². The van der Waals surface area contributed by atoms with E-state index >= 15 is 0 Å². The van der Waals surface area contributed by atoms with E-state index in [1.54, 1.807) is 18.2 Å². The molecule has 6 nitrogen and oxygen atoms in total. The zero-order valence-electron chi connectivity index (χ0n) is 17.2. The van der Waals surface area contributed by atoms with E-state index in [9.17, 15) is 9.59 Å². The van der Waals surface area contributed by atoms with Crippen LogP contribution in [0.15, 0.2) is 42.5 Å². The average Bonchev–Trinajstić information content (AvgIpc) is 2.71. The molecule has 3 rings (SSSR count). The highest BCUT2D eigenvalue weighted by molar-refractivity contribution is 5.94. The summed E-state index contributed by atoms with van der Waals surface area (Å²) in [5, 5.41) is 2.91. The first-order valence-electron chi connectivity index (χ1n) is 9.65. The summed E-state index contributed by atoms with van der Waals surface area (Å²) in [6.45, 7) is 7.44. The lowest BCUT2D eigenvalue weighted by atomic mass is 10.0. The molecule has 0 saturated heterocycles. The Kier molecular flexibility index (Phi) is 6.22. The molecule has 1 N–H and O–H groups in total. The Labute approximate surface area is 170 Å². The van der Waals surface area contributed by atoms with Crippen molar-refractivity contribution in [1.82, 2.24) is 15.3 Å². The first-order valence-corrected chi connectivity index (χ1v) is 9.65. The molecule has 0 aliphatic heterocycles. The Bertz CT molecular complexity index is 1050. The van der Waals surface area contributed by atoms with Crippen molar-refractivity contribution in [2.24, 2.45) is 0 Å². The van der Waals surface area contributed by atoms with Crippen LogP contribution in [0.3, 0.4) is 0 Å². The zero-order chi connectivity index (χ0) is 21.0. The number of aromatic nitrogens is 2. The lowest BCUT2D eigenvalue weighted by Gasteiger charge is -2.17. The third kappa shape index (κ3) is 4.96. The number of hydrogen-bond acceptors (Lipinski definition) is 5. The Morgan fingerprint density at radius 1 is 0.966 bits per heavy atom. The fraction of sp³-hybridized carbons (Fsp3) is 0.304. The molecule has 0 radical (unpaired) electrons. The lowest BCUT2D eigenvalue weighted by molar-refractivity contribution is -0.125. The van der Waals surface area contributed by atoms with Crippen LogP contribution < -0.4 is 5.32 Å². The molecule has 6 heteroatoms. The van der Waals surface area contributed by atoms with Crippen LogP contribution in [-0.2, 0) is 9.53 Å². The standard InChI is InChI=1S/C23H25N3O3/c1-5-19(17-8-6-14(2)7-9-17)26-22(27)13-29-23(28)18-10-11-20-21(12-18)25-16(4)15(3)24-20/h6-12,19H,5,13H2,1-4H3,(H,26,27)/t19-/m0/s1. The highest BCUT2D eigenvalue weighted by Crippen LogP contribution is 2.18. The van der Waals surface area contributed by atoms with Gasteiger partial charge in [-0.1, -0.05) is 36.8 Å². The summed E-state index contributed by atoms with van der Waals surface area (Å²) >= 11 is 0. The molecule has 1 aromatic heterocycles. The smallest absolute Gasteiger partial charge is 0.338 e. The minimum Gasteiger partial charge on any atom is -0.452 e. The number of fused-ring (bicyclic) bond motifs is 1. The molecule has 29 heavy (non-hydrogen) atoms. The van der Waals surface area contributed by atoms with E-state index in [4.69, 9.17) is 4.74 Å². The second kappa shape index (κ2) is 8.82. The third-order valence-corrected chi connectivity index (χ3v) is 4.87. The number of nitrogens with zero attached hydrogens (tertiary/aromatic N) is 2. The van der Waals surface area contributed by atoms with Crippen molar-refractivity contribution < 1.29 is 14.3 Å². The van der Waals surface area contributed by atoms with Crippen molar-refractivity contribution in [1.29, 1.82) is 0 Å². The molecule has 2 aromatic carbocycles. The van der Waals surface area contributed by atoms with Crippen LogP contribution in [0.25, 0.3) is 11.0 Å². The number of esters is 1. The highest BCUT2D eigenvalue weighted by atomic mass is 16.5. The Balaban J connectivity index is 1.62. The summed E-state index contributed by atoms with van der Waals surface area (Å²) in [5.41, 5.74) is 5.52. The molecule has 1 amide bonds. The number of rotatable bonds is 6. The van der Waals surface area contributed by atoms with Crippen LogP contribution in [0, 0.1) is 20.8 Å². The number of carbonyl (C=O) groups excluding carboxylic acids is 2. The first kappa shape index (κ1) is 20.5. The van der Waals surface area contributed by atoms with Gasteiger partial charge in [0.05, 0.1) is 34.0 Å². The number of hydrogen-bond donors (Lipinski definition) is 1. The fourth-order valence-electron chi connectivity index (χ4n) is 3.03. The van der Waals surface area contributed by atoms with Gasteiger partial charge in [0, 0.05) is 0 Å². The summed E-state index contributed by atoms with van der Waals surface area (Å²) in [5.74, 6) is -0.900. The summed E-state index contributed by atoms with van der Waals surface area (Å²) in [4.78, 5) is 33.5. The van der Waals surface area contributed by atoms with Crippen molar-refractivity contribution in [3.05, 3.63) is 70.5 Å². The van der Waals surface area contributed by atoms with Gasteiger partial charge in [-0.3, -0.25) is 4.79 Å². The summed E-state index contributed by atoms with van der Waals surface area (Å²) in [6.07, 6.45) is 0.741. The minimum atomic E-state index is -0.564. The van der Waals surface area contributed by atoms with Gasteiger partial charge in [-0.25, -0.2) is 14.8 Å².